The second-order valence-corrected chi connectivity index (χ2v) is 7.01. The molecule has 1 fully saturated rings. The summed E-state index contributed by atoms with van der Waals surface area (Å²) < 4.78 is 10.5. The van der Waals surface area contributed by atoms with Gasteiger partial charge >= 0.3 is 0 Å². The Morgan fingerprint density at radius 1 is 1.03 bits per heavy atom. The van der Waals surface area contributed by atoms with Crippen molar-refractivity contribution in [2.75, 3.05) is 25.7 Å². The van der Waals surface area contributed by atoms with E-state index < -0.39 is 23.9 Å². The maximum Gasteiger partial charge on any atom is 0.263 e. The Labute approximate surface area is 178 Å². The van der Waals surface area contributed by atoms with Gasteiger partial charge < -0.3 is 14.8 Å². The van der Waals surface area contributed by atoms with Gasteiger partial charge in [0, 0.05) is 12.6 Å². The van der Waals surface area contributed by atoms with Gasteiger partial charge in [-0.25, -0.2) is 4.90 Å². The highest BCUT2D eigenvalue weighted by Crippen LogP contribution is 2.36. The third-order valence-electron chi connectivity index (χ3n) is 5.12. The van der Waals surface area contributed by atoms with Crippen LogP contribution in [0.1, 0.15) is 5.56 Å². The SMILES string of the molecule is COc1ccc(N2C(=O)[C@H]3N=NN(CC(=O)NCc4ccccc4)[C@@H]3C2=O)cc1OC. The predicted octanol–water partition coefficient (Wildman–Crippen LogP) is 1.31. The van der Waals surface area contributed by atoms with Gasteiger partial charge in [0.15, 0.2) is 23.6 Å². The molecule has 2 aromatic rings. The first-order chi connectivity index (χ1) is 15.0. The molecule has 0 aliphatic carbocycles. The molecule has 0 spiro atoms. The third kappa shape index (κ3) is 3.79. The van der Waals surface area contributed by atoms with Gasteiger partial charge in [0.1, 0.15) is 6.54 Å². The Morgan fingerprint density at radius 2 is 1.77 bits per heavy atom. The fourth-order valence-electron chi connectivity index (χ4n) is 3.57. The van der Waals surface area contributed by atoms with Crippen molar-refractivity contribution in [1.29, 1.82) is 0 Å². The number of carbonyl (C=O) groups excluding carboxylic acids is 3. The molecular formula is C21H21N5O5. The van der Waals surface area contributed by atoms with Crippen LogP contribution in [-0.4, -0.2) is 55.6 Å². The molecule has 2 aliphatic heterocycles. The third-order valence-corrected chi connectivity index (χ3v) is 5.12. The molecule has 2 atom stereocenters. The maximum atomic E-state index is 13.1. The standard InChI is InChI=1S/C21H21N5O5/c1-30-15-9-8-14(10-16(15)31-2)26-20(28)18-19(21(26)29)25(24-23-18)12-17(27)22-11-13-6-4-3-5-7-13/h3-10,18-19H,11-12H2,1-2H3,(H,22,27)/t18-,19-/m0/s1. The number of methoxy groups -OCH3 is 2. The largest absolute Gasteiger partial charge is 0.493 e. The second kappa shape index (κ2) is 8.42. The molecule has 2 aromatic carbocycles. The number of benzene rings is 2. The van der Waals surface area contributed by atoms with E-state index in [4.69, 9.17) is 9.47 Å². The quantitative estimate of drug-likeness (QED) is 0.672. The highest BCUT2D eigenvalue weighted by molar-refractivity contribution is 6.25. The molecule has 2 aliphatic rings. The molecule has 0 saturated carbocycles. The average molecular weight is 423 g/mol. The highest BCUT2D eigenvalue weighted by atomic mass is 16.5. The molecule has 10 nitrogen and oxygen atoms in total. The lowest BCUT2D eigenvalue weighted by Crippen LogP contribution is -2.44. The molecule has 160 valence electrons. The molecule has 0 bridgehead atoms. The van der Waals surface area contributed by atoms with E-state index in [1.54, 1.807) is 18.2 Å². The van der Waals surface area contributed by atoms with Gasteiger partial charge in [-0.15, -0.1) is 0 Å². The monoisotopic (exact) mass is 423 g/mol. The zero-order valence-corrected chi connectivity index (χ0v) is 17.0. The zero-order valence-electron chi connectivity index (χ0n) is 17.0. The van der Waals surface area contributed by atoms with Crippen LogP contribution in [0.25, 0.3) is 0 Å². The number of carbonyl (C=O) groups is 3. The van der Waals surface area contributed by atoms with Crippen LogP contribution < -0.4 is 19.7 Å². The first-order valence-corrected chi connectivity index (χ1v) is 9.61. The molecule has 1 saturated heterocycles. The van der Waals surface area contributed by atoms with E-state index >= 15 is 0 Å². The number of hydrogen-bond acceptors (Lipinski definition) is 8. The zero-order chi connectivity index (χ0) is 22.0. The number of nitrogens with zero attached hydrogens (tertiary/aromatic N) is 4. The van der Waals surface area contributed by atoms with Crippen LogP contribution in [0.4, 0.5) is 5.69 Å². The van der Waals surface area contributed by atoms with Gasteiger partial charge in [0.2, 0.25) is 5.91 Å². The van der Waals surface area contributed by atoms with Crippen molar-refractivity contribution in [3.8, 4) is 11.5 Å². The van der Waals surface area contributed by atoms with E-state index in [9.17, 15) is 14.4 Å². The summed E-state index contributed by atoms with van der Waals surface area (Å²) >= 11 is 0. The number of hydrogen-bond donors (Lipinski definition) is 1. The van der Waals surface area contributed by atoms with Crippen LogP contribution in [0, 0.1) is 0 Å². The Kier molecular flexibility index (Phi) is 5.52. The summed E-state index contributed by atoms with van der Waals surface area (Å²) in [6.07, 6.45) is 0. The fraction of sp³-hybridized carbons (Fsp3) is 0.286. The van der Waals surface area contributed by atoms with E-state index in [-0.39, 0.29) is 12.5 Å². The Morgan fingerprint density at radius 3 is 2.48 bits per heavy atom. The minimum atomic E-state index is -0.984. The summed E-state index contributed by atoms with van der Waals surface area (Å²) in [6, 6.07) is 12.3. The van der Waals surface area contributed by atoms with Gasteiger partial charge in [-0.1, -0.05) is 35.6 Å². The van der Waals surface area contributed by atoms with Crippen LogP contribution in [-0.2, 0) is 20.9 Å². The molecule has 0 aromatic heterocycles. The number of ether oxygens (including phenoxy) is 2. The van der Waals surface area contributed by atoms with Gasteiger partial charge in [-0.2, -0.15) is 5.11 Å². The van der Waals surface area contributed by atoms with Crippen LogP contribution in [0.5, 0.6) is 11.5 Å². The van der Waals surface area contributed by atoms with Gasteiger partial charge in [0.05, 0.1) is 19.9 Å². The number of imide groups is 1. The number of rotatable bonds is 7. The molecular weight excluding hydrogens is 402 g/mol. The van der Waals surface area contributed by atoms with Gasteiger partial charge in [-0.3, -0.25) is 19.4 Å². The van der Waals surface area contributed by atoms with Crippen molar-refractivity contribution in [2.24, 2.45) is 10.3 Å². The highest BCUT2D eigenvalue weighted by Gasteiger charge is 2.55. The first-order valence-electron chi connectivity index (χ1n) is 9.61. The predicted molar refractivity (Wildman–Crippen MR) is 109 cm³/mol. The first kappa shape index (κ1) is 20.3. The Balaban J connectivity index is 1.46. The smallest absolute Gasteiger partial charge is 0.263 e. The van der Waals surface area contributed by atoms with Crippen molar-refractivity contribution >= 4 is 23.4 Å². The van der Waals surface area contributed by atoms with Crippen LogP contribution in [0.2, 0.25) is 0 Å². The molecule has 10 heteroatoms. The van der Waals surface area contributed by atoms with E-state index in [2.05, 4.69) is 15.7 Å². The normalized spacial score (nSPS) is 19.5. The van der Waals surface area contributed by atoms with Crippen molar-refractivity contribution in [2.45, 2.75) is 18.6 Å². The summed E-state index contributed by atoms with van der Waals surface area (Å²) in [4.78, 5) is 39.3. The second-order valence-electron chi connectivity index (χ2n) is 7.01. The fourth-order valence-corrected chi connectivity index (χ4v) is 3.57. The van der Waals surface area contributed by atoms with E-state index in [0.29, 0.717) is 23.7 Å². The van der Waals surface area contributed by atoms with E-state index in [0.717, 1.165) is 10.5 Å². The van der Waals surface area contributed by atoms with Crippen molar-refractivity contribution in [3.05, 3.63) is 54.1 Å². The molecule has 0 radical (unpaired) electrons. The molecule has 1 N–H and O–H groups in total. The summed E-state index contributed by atoms with van der Waals surface area (Å²) in [7, 11) is 2.96. The number of fused-ring (bicyclic) bond motifs is 1. The van der Waals surface area contributed by atoms with E-state index in [1.165, 1.54) is 19.2 Å². The molecule has 4 rings (SSSR count). The lowest BCUT2D eigenvalue weighted by molar-refractivity contribution is -0.125. The topological polar surface area (TPSA) is 113 Å². The average Bonchev–Trinajstić information content (AvgIpc) is 3.31. The summed E-state index contributed by atoms with van der Waals surface area (Å²) in [5, 5.41) is 11.9. The number of nitrogens with one attached hydrogen (secondary N) is 1. The molecule has 2 heterocycles. The maximum absolute atomic E-state index is 13.1. The van der Waals surface area contributed by atoms with Crippen LogP contribution in [0.15, 0.2) is 58.9 Å². The lowest BCUT2D eigenvalue weighted by Gasteiger charge is -2.20. The molecule has 0 unspecified atom stereocenters. The van der Waals surface area contributed by atoms with Gasteiger partial charge in [-0.05, 0) is 17.7 Å². The Hall–Kier alpha value is -3.95. The minimum absolute atomic E-state index is 0.184. The van der Waals surface area contributed by atoms with Crippen LogP contribution >= 0.6 is 0 Å². The van der Waals surface area contributed by atoms with Crippen molar-refractivity contribution in [1.82, 2.24) is 10.3 Å². The van der Waals surface area contributed by atoms with Crippen molar-refractivity contribution < 1.29 is 23.9 Å². The van der Waals surface area contributed by atoms with Crippen molar-refractivity contribution in [3.63, 3.8) is 0 Å². The summed E-state index contributed by atoms with van der Waals surface area (Å²) in [5.41, 5.74) is 1.29. The van der Waals surface area contributed by atoms with Crippen LogP contribution in [0.3, 0.4) is 0 Å². The number of amides is 3. The Bertz CT molecular complexity index is 1040. The van der Waals surface area contributed by atoms with Gasteiger partial charge in [0.25, 0.3) is 11.8 Å². The molecule has 31 heavy (non-hydrogen) atoms. The summed E-state index contributed by atoms with van der Waals surface area (Å²) in [6.45, 7) is 0.166. The van der Waals surface area contributed by atoms with E-state index in [1.807, 2.05) is 30.3 Å². The lowest BCUT2D eigenvalue weighted by atomic mass is 10.1. The summed E-state index contributed by atoms with van der Waals surface area (Å²) in [5.74, 6) is -0.465. The number of anilines is 1. The molecule has 3 amide bonds. The minimum Gasteiger partial charge on any atom is -0.493 e.